The standard InChI is InChI=1S/C14H20F2N2O2.ClH/c1-9-4-5-11(6-12(9)20-8-13(15)16)18-14(19)10(2)7-17-3;/h4-6,10,13,17H,7-8H2,1-3H3,(H,18,19);1H. The Balaban J connectivity index is 0.00000400. The van der Waals surface area contributed by atoms with Crippen LogP contribution in [0.4, 0.5) is 14.5 Å². The number of ether oxygens (including phenoxy) is 1. The molecule has 0 aliphatic rings. The van der Waals surface area contributed by atoms with Crippen LogP contribution in [0.25, 0.3) is 0 Å². The minimum Gasteiger partial charge on any atom is -0.487 e. The third-order valence-corrected chi connectivity index (χ3v) is 2.78. The molecule has 1 aromatic carbocycles. The third-order valence-electron chi connectivity index (χ3n) is 2.78. The molecule has 1 aromatic rings. The van der Waals surface area contributed by atoms with Crippen LogP contribution in [0.3, 0.4) is 0 Å². The first-order chi connectivity index (χ1) is 9.43. The lowest BCUT2D eigenvalue weighted by atomic mass is 10.1. The number of hydrogen-bond acceptors (Lipinski definition) is 3. The molecule has 7 heteroatoms. The Morgan fingerprint density at radius 3 is 2.62 bits per heavy atom. The Morgan fingerprint density at radius 1 is 1.38 bits per heavy atom. The van der Waals surface area contributed by atoms with E-state index in [9.17, 15) is 13.6 Å². The highest BCUT2D eigenvalue weighted by molar-refractivity contribution is 5.92. The van der Waals surface area contributed by atoms with Gasteiger partial charge in [-0.25, -0.2) is 8.78 Å². The van der Waals surface area contributed by atoms with Crippen LogP contribution in [0.2, 0.25) is 0 Å². The number of nitrogens with one attached hydrogen (secondary N) is 2. The van der Waals surface area contributed by atoms with Crippen molar-refractivity contribution in [1.29, 1.82) is 0 Å². The highest BCUT2D eigenvalue weighted by atomic mass is 35.5. The topological polar surface area (TPSA) is 50.4 Å². The number of carbonyl (C=O) groups is 1. The lowest BCUT2D eigenvalue weighted by Gasteiger charge is -2.14. The molecule has 4 nitrogen and oxygen atoms in total. The molecule has 0 aliphatic heterocycles. The summed E-state index contributed by atoms with van der Waals surface area (Å²) in [4.78, 5) is 11.9. The summed E-state index contributed by atoms with van der Waals surface area (Å²) in [6.07, 6.45) is -2.52. The molecule has 1 atom stereocenters. The number of anilines is 1. The first-order valence-corrected chi connectivity index (χ1v) is 6.41. The summed E-state index contributed by atoms with van der Waals surface area (Å²) in [6, 6.07) is 5.00. The molecule has 0 saturated heterocycles. The van der Waals surface area contributed by atoms with E-state index < -0.39 is 13.0 Å². The van der Waals surface area contributed by atoms with Crippen LogP contribution in [0.15, 0.2) is 18.2 Å². The molecule has 0 spiro atoms. The average molecular weight is 323 g/mol. The predicted octanol–water partition coefficient (Wildman–Crippen LogP) is 2.85. The zero-order valence-corrected chi connectivity index (χ0v) is 13.1. The van der Waals surface area contributed by atoms with Crippen LogP contribution in [0, 0.1) is 12.8 Å². The zero-order chi connectivity index (χ0) is 15.1. The quantitative estimate of drug-likeness (QED) is 0.811. The van der Waals surface area contributed by atoms with Crippen molar-refractivity contribution in [2.75, 3.05) is 25.5 Å². The van der Waals surface area contributed by atoms with E-state index in [1.807, 2.05) is 0 Å². The number of aryl methyl sites for hydroxylation is 1. The first-order valence-electron chi connectivity index (χ1n) is 6.41. The molecule has 1 unspecified atom stereocenters. The summed E-state index contributed by atoms with van der Waals surface area (Å²) in [7, 11) is 1.77. The third kappa shape index (κ3) is 6.73. The molecule has 1 rings (SSSR count). The van der Waals surface area contributed by atoms with Gasteiger partial charge < -0.3 is 15.4 Å². The van der Waals surface area contributed by atoms with Crippen molar-refractivity contribution < 1.29 is 18.3 Å². The summed E-state index contributed by atoms with van der Waals surface area (Å²) < 4.78 is 29.3. The van der Waals surface area contributed by atoms with Gasteiger partial charge in [-0.05, 0) is 25.6 Å². The van der Waals surface area contributed by atoms with E-state index in [1.54, 1.807) is 39.1 Å². The Morgan fingerprint density at radius 2 is 2.05 bits per heavy atom. The smallest absolute Gasteiger partial charge is 0.272 e. The van der Waals surface area contributed by atoms with Gasteiger partial charge in [-0.2, -0.15) is 0 Å². The summed E-state index contributed by atoms with van der Waals surface area (Å²) >= 11 is 0. The van der Waals surface area contributed by atoms with Gasteiger partial charge in [0.2, 0.25) is 5.91 Å². The predicted molar refractivity (Wildman–Crippen MR) is 81.6 cm³/mol. The lowest BCUT2D eigenvalue weighted by Crippen LogP contribution is -2.28. The molecule has 0 saturated carbocycles. The zero-order valence-electron chi connectivity index (χ0n) is 12.3. The number of amides is 1. The van der Waals surface area contributed by atoms with Crippen LogP contribution in [-0.2, 0) is 4.79 Å². The molecule has 0 aliphatic carbocycles. The Bertz CT molecular complexity index is 459. The normalized spacial score (nSPS) is 11.7. The van der Waals surface area contributed by atoms with Gasteiger partial charge in [0.05, 0.1) is 0 Å². The molecule has 0 bridgehead atoms. The molecule has 0 fully saturated rings. The van der Waals surface area contributed by atoms with Crippen LogP contribution >= 0.6 is 12.4 Å². The molecular formula is C14H21ClF2N2O2. The maximum atomic E-state index is 12.2. The highest BCUT2D eigenvalue weighted by Gasteiger charge is 2.13. The van der Waals surface area contributed by atoms with Crippen LogP contribution in [-0.4, -0.2) is 32.5 Å². The fraction of sp³-hybridized carbons (Fsp3) is 0.500. The van der Waals surface area contributed by atoms with E-state index in [2.05, 4.69) is 10.6 Å². The van der Waals surface area contributed by atoms with E-state index in [-0.39, 0.29) is 24.2 Å². The summed E-state index contributed by atoms with van der Waals surface area (Å²) in [5.41, 5.74) is 1.28. The maximum Gasteiger partial charge on any atom is 0.272 e. The molecule has 0 radical (unpaired) electrons. The van der Waals surface area contributed by atoms with Crippen molar-refractivity contribution >= 4 is 24.0 Å². The molecule has 0 aromatic heterocycles. The molecule has 21 heavy (non-hydrogen) atoms. The summed E-state index contributed by atoms with van der Waals surface area (Å²) in [5, 5.41) is 5.65. The van der Waals surface area contributed by atoms with Crippen LogP contribution < -0.4 is 15.4 Å². The van der Waals surface area contributed by atoms with Gasteiger partial charge in [-0.3, -0.25) is 4.79 Å². The number of hydrogen-bond donors (Lipinski definition) is 2. The van der Waals surface area contributed by atoms with Gasteiger partial charge in [0, 0.05) is 24.2 Å². The van der Waals surface area contributed by atoms with Crippen molar-refractivity contribution in [3.05, 3.63) is 23.8 Å². The molecule has 2 N–H and O–H groups in total. The molecule has 0 heterocycles. The van der Waals surface area contributed by atoms with E-state index >= 15 is 0 Å². The minimum absolute atomic E-state index is 0. The fourth-order valence-corrected chi connectivity index (χ4v) is 1.65. The van der Waals surface area contributed by atoms with Crippen molar-refractivity contribution in [2.45, 2.75) is 20.3 Å². The Hall–Kier alpha value is -1.40. The van der Waals surface area contributed by atoms with Gasteiger partial charge in [0.1, 0.15) is 12.4 Å². The number of alkyl halides is 2. The van der Waals surface area contributed by atoms with E-state index in [4.69, 9.17) is 4.74 Å². The van der Waals surface area contributed by atoms with E-state index in [0.717, 1.165) is 5.56 Å². The van der Waals surface area contributed by atoms with Gasteiger partial charge >= 0.3 is 0 Å². The molecular weight excluding hydrogens is 302 g/mol. The molecule has 1 amide bonds. The van der Waals surface area contributed by atoms with Crippen molar-refractivity contribution in [3.8, 4) is 5.75 Å². The number of benzene rings is 1. The van der Waals surface area contributed by atoms with Crippen LogP contribution in [0.5, 0.6) is 5.75 Å². The van der Waals surface area contributed by atoms with E-state index in [0.29, 0.717) is 18.0 Å². The van der Waals surface area contributed by atoms with Crippen LogP contribution in [0.1, 0.15) is 12.5 Å². The number of rotatable bonds is 7. The number of carbonyl (C=O) groups excluding carboxylic acids is 1. The maximum absolute atomic E-state index is 12.2. The second kappa shape index (κ2) is 9.52. The second-order valence-electron chi connectivity index (χ2n) is 4.63. The lowest BCUT2D eigenvalue weighted by molar-refractivity contribution is -0.119. The van der Waals surface area contributed by atoms with Crippen molar-refractivity contribution in [2.24, 2.45) is 5.92 Å². The highest BCUT2D eigenvalue weighted by Crippen LogP contribution is 2.23. The molecule has 120 valence electrons. The number of halogens is 3. The summed E-state index contributed by atoms with van der Waals surface area (Å²) in [5.74, 6) is 0.0270. The Kier molecular flexibility index (Phi) is 8.89. The van der Waals surface area contributed by atoms with Crippen molar-refractivity contribution in [1.82, 2.24) is 5.32 Å². The average Bonchev–Trinajstić information content (AvgIpc) is 2.39. The largest absolute Gasteiger partial charge is 0.487 e. The first kappa shape index (κ1) is 19.6. The van der Waals surface area contributed by atoms with E-state index in [1.165, 1.54) is 0 Å². The van der Waals surface area contributed by atoms with Crippen molar-refractivity contribution in [3.63, 3.8) is 0 Å². The van der Waals surface area contributed by atoms with Gasteiger partial charge in [-0.15, -0.1) is 12.4 Å². The monoisotopic (exact) mass is 322 g/mol. The second-order valence-corrected chi connectivity index (χ2v) is 4.63. The Labute approximate surface area is 129 Å². The minimum atomic E-state index is -2.52. The fourth-order valence-electron chi connectivity index (χ4n) is 1.65. The van der Waals surface area contributed by atoms with Gasteiger partial charge in [-0.1, -0.05) is 13.0 Å². The van der Waals surface area contributed by atoms with Gasteiger partial charge in [0.25, 0.3) is 6.43 Å². The SMILES string of the molecule is CNCC(C)C(=O)Nc1ccc(C)c(OCC(F)F)c1.Cl. The summed E-state index contributed by atoms with van der Waals surface area (Å²) in [6.45, 7) is 3.46. The van der Waals surface area contributed by atoms with Gasteiger partial charge in [0.15, 0.2) is 0 Å².